The summed E-state index contributed by atoms with van der Waals surface area (Å²) in [4.78, 5) is 37.7. The molecule has 0 aliphatic heterocycles. The molecule has 3 amide bonds. The molecule has 7 nitrogen and oxygen atoms in total. The quantitative estimate of drug-likeness (QED) is 0.300. The molecule has 202 valence electrons. The molecular formula is C27H36F3N4O3+. The van der Waals surface area contributed by atoms with Crippen molar-refractivity contribution < 1.29 is 32.1 Å². The summed E-state index contributed by atoms with van der Waals surface area (Å²) >= 11 is 0. The first-order valence-electron chi connectivity index (χ1n) is 12.2. The molecular weight excluding hydrogens is 485 g/mol. The van der Waals surface area contributed by atoms with Gasteiger partial charge in [0.05, 0.1) is 7.05 Å². The highest BCUT2D eigenvalue weighted by atomic mass is 19.4. The third kappa shape index (κ3) is 9.87. The van der Waals surface area contributed by atoms with Crippen molar-refractivity contribution in [3.8, 4) is 0 Å². The van der Waals surface area contributed by atoms with Gasteiger partial charge in [0.2, 0.25) is 0 Å². The second-order valence-corrected chi connectivity index (χ2v) is 10.2. The number of nitrogens with one attached hydrogen (secondary N) is 3. The Morgan fingerprint density at radius 3 is 2.03 bits per heavy atom. The van der Waals surface area contributed by atoms with E-state index < -0.39 is 29.9 Å². The number of nitrogens with zero attached hydrogens (tertiary/aromatic N) is 1. The molecule has 0 fully saturated rings. The molecule has 0 aromatic heterocycles. The predicted octanol–water partition coefficient (Wildman–Crippen LogP) is 4.52. The van der Waals surface area contributed by atoms with Crippen molar-refractivity contribution >= 4 is 23.4 Å². The van der Waals surface area contributed by atoms with E-state index in [1.165, 1.54) is 0 Å². The van der Waals surface area contributed by atoms with Crippen molar-refractivity contribution in [3.63, 3.8) is 0 Å². The lowest BCUT2D eigenvalue weighted by Crippen LogP contribution is -2.63. The molecule has 0 saturated carbocycles. The molecule has 2 aromatic rings. The predicted molar refractivity (Wildman–Crippen MR) is 136 cm³/mol. The Bertz CT molecular complexity index is 1060. The van der Waals surface area contributed by atoms with Crippen LogP contribution in [-0.2, 0) is 20.9 Å². The van der Waals surface area contributed by atoms with Crippen molar-refractivity contribution in [3.05, 3.63) is 65.7 Å². The van der Waals surface area contributed by atoms with Crippen molar-refractivity contribution in [1.29, 1.82) is 0 Å². The SMILES string of the molecule is CC(C)C[C@H](NC(=O)C(F)(F)F)C(=O)N[N@@+](C)(CC(=O)Nc1ccc(C(C)C)cc1)Cc1ccccc1. The van der Waals surface area contributed by atoms with Crippen LogP contribution in [0.5, 0.6) is 0 Å². The topological polar surface area (TPSA) is 87.3 Å². The molecule has 2 atom stereocenters. The van der Waals surface area contributed by atoms with Gasteiger partial charge in [-0.2, -0.15) is 18.6 Å². The van der Waals surface area contributed by atoms with E-state index in [1.807, 2.05) is 42.5 Å². The van der Waals surface area contributed by atoms with Gasteiger partial charge in [0.15, 0.2) is 6.54 Å². The highest BCUT2D eigenvalue weighted by molar-refractivity contribution is 5.92. The number of amides is 3. The normalized spacial score (nSPS) is 14.1. The van der Waals surface area contributed by atoms with Crippen LogP contribution in [0.25, 0.3) is 0 Å². The molecule has 0 heterocycles. The zero-order chi connectivity index (χ0) is 27.8. The van der Waals surface area contributed by atoms with Crippen LogP contribution in [-0.4, -0.2) is 48.1 Å². The molecule has 0 spiro atoms. The van der Waals surface area contributed by atoms with E-state index in [2.05, 4.69) is 24.6 Å². The fraction of sp³-hybridized carbons (Fsp3) is 0.444. The number of carbonyl (C=O) groups excluding carboxylic acids is 3. The molecule has 3 N–H and O–H groups in total. The number of likely N-dealkylation sites (N-methyl/N-ethyl adjacent to an activating group) is 1. The van der Waals surface area contributed by atoms with Crippen LogP contribution in [0, 0.1) is 5.92 Å². The van der Waals surface area contributed by atoms with E-state index in [1.54, 1.807) is 38.3 Å². The lowest BCUT2D eigenvalue weighted by atomic mass is 10.0. The lowest BCUT2D eigenvalue weighted by Gasteiger charge is -2.34. The fourth-order valence-corrected chi connectivity index (χ4v) is 3.88. The summed E-state index contributed by atoms with van der Waals surface area (Å²) in [6.45, 7) is 7.58. The number of hydrogen-bond acceptors (Lipinski definition) is 3. The van der Waals surface area contributed by atoms with Crippen molar-refractivity contribution in [1.82, 2.24) is 10.7 Å². The van der Waals surface area contributed by atoms with Gasteiger partial charge in [-0.25, -0.2) is 4.59 Å². The van der Waals surface area contributed by atoms with Crippen LogP contribution in [0.15, 0.2) is 54.6 Å². The van der Waals surface area contributed by atoms with Gasteiger partial charge in [-0.3, -0.25) is 14.4 Å². The van der Waals surface area contributed by atoms with Crippen molar-refractivity contribution in [2.45, 2.75) is 58.8 Å². The lowest BCUT2D eigenvalue weighted by molar-refractivity contribution is -0.949. The average Bonchev–Trinajstić information content (AvgIpc) is 2.78. The molecule has 0 saturated heterocycles. The van der Waals surface area contributed by atoms with Gasteiger partial charge in [-0.15, -0.1) is 0 Å². The maximum atomic E-state index is 13.1. The van der Waals surface area contributed by atoms with Gasteiger partial charge in [-0.05, 0) is 36.0 Å². The first-order chi connectivity index (χ1) is 17.2. The standard InChI is InChI=1S/C27H35F3N4O3/c1-18(2)15-23(32-26(37)27(28,29)30)25(36)33-34(5,16-20-9-7-6-8-10-20)17-24(35)31-22-13-11-21(12-14-22)19(3)4/h6-14,18-19,23H,15-17H2,1-5H3,(H2-,31,32,33,35,36,37)/p+1/t23-,34+/m0/s1. The minimum absolute atomic E-state index is 0.00656. The van der Waals surface area contributed by atoms with Gasteiger partial charge in [-0.1, -0.05) is 70.2 Å². The smallest absolute Gasteiger partial charge is 0.336 e. The molecule has 2 rings (SSSR count). The van der Waals surface area contributed by atoms with Gasteiger partial charge in [0, 0.05) is 11.3 Å². The molecule has 0 unspecified atom stereocenters. The van der Waals surface area contributed by atoms with Crippen LogP contribution in [0.1, 0.15) is 51.2 Å². The maximum absolute atomic E-state index is 13.1. The van der Waals surface area contributed by atoms with Crippen LogP contribution in [0.3, 0.4) is 0 Å². The van der Waals surface area contributed by atoms with Crippen molar-refractivity contribution in [2.24, 2.45) is 5.92 Å². The Kier molecular flexibility index (Phi) is 10.2. The molecule has 0 aliphatic carbocycles. The average molecular weight is 522 g/mol. The van der Waals surface area contributed by atoms with Crippen LogP contribution in [0.2, 0.25) is 0 Å². The molecule has 2 aromatic carbocycles. The number of halogens is 3. The molecule has 0 aliphatic rings. The number of hydrogen-bond donors (Lipinski definition) is 3. The van der Waals surface area contributed by atoms with Crippen LogP contribution >= 0.6 is 0 Å². The largest absolute Gasteiger partial charge is 0.471 e. The number of carbonyl (C=O) groups is 3. The summed E-state index contributed by atoms with van der Waals surface area (Å²) in [7, 11) is 1.60. The zero-order valence-corrected chi connectivity index (χ0v) is 21.9. The molecule has 10 heteroatoms. The molecule has 0 radical (unpaired) electrons. The highest BCUT2D eigenvalue weighted by Crippen LogP contribution is 2.19. The maximum Gasteiger partial charge on any atom is 0.471 e. The summed E-state index contributed by atoms with van der Waals surface area (Å²) in [5.41, 5.74) is 5.21. The molecule has 37 heavy (non-hydrogen) atoms. The number of rotatable bonds is 11. The Hall–Kier alpha value is -3.40. The van der Waals surface area contributed by atoms with Crippen molar-refractivity contribution in [2.75, 3.05) is 18.9 Å². The van der Waals surface area contributed by atoms with E-state index in [0.717, 1.165) is 11.1 Å². The van der Waals surface area contributed by atoms with E-state index in [-0.39, 0.29) is 30.0 Å². The number of benzene rings is 2. The monoisotopic (exact) mass is 521 g/mol. The van der Waals surface area contributed by atoms with E-state index in [0.29, 0.717) is 11.6 Å². The minimum Gasteiger partial charge on any atom is -0.336 e. The summed E-state index contributed by atoms with van der Waals surface area (Å²) in [5.74, 6) is -3.22. The van der Waals surface area contributed by atoms with Crippen LogP contribution < -0.4 is 16.1 Å². The number of quaternary nitrogens is 1. The van der Waals surface area contributed by atoms with Gasteiger partial charge < -0.3 is 10.6 Å². The Balaban J connectivity index is 2.24. The summed E-state index contributed by atoms with van der Waals surface area (Å²) in [6, 6.07) is 15.1. The third-order valence-electron chi connectivity index (χ3n) is 5.69. The molecule has 0 bridgehead atoms. The van der Waals surface area contributed by atoms with E-state index in [4.69, 9.17) is 0 Å². The third-order valence-corrected chi connectivity index (χ3v) is 5.69. The number of alkyl halides is 3. The fourth-order valence-electron chi connectivity index (χ4n) is 3.88. The first-order valence-corrected chi connectivity index (χ1v) is 12.2. The Morgan fingerprint density at radius 2 is 1.51 bits per heavy atom. The van der Waals surface area contributed by atoms with Gasteiger partial charge in [0.1, 0.15) is 12.6 Å². The Labute approximate surface area is 216 Å². The van der Waals surface area contributed by atoms with Gasteiger partial charge >= 0.3 is 12.1 Å². The van der Waals surface area contributed by atoms with E-state index in [9.17, 15) is 27.6 Å². The van der Waals surface area contributed by atoms with Gasteiger partial charge in [0.25, 0.3) is 11.8 Å². The summed E-state index contributed by atoms with van der Waals surface area (Å²) < 4.78 is 38.3. The Morgan fingerprint density at radius 1 is 0.919 bits per heavy atom. The van der Waals surface area contributed by atoms with E-state index >= 15 is 0 Å². The second-order valence-electron chi connectivity index (χ2n) is 10.2. The highest BCUT2D eigenvalue weighted by Gasteiger charge is 2.42. The summed E-state index contributed by atoms with van der Waals surface area (Å²) in [5, 5.41) is 4.61. The second kappa shape index (κ2) is 12.7. The van der Waals surface area contributed by atoms with Crippen LogP contribution in [0.4, 0.5) is 18.9 Å². The first kappa shape index (κ1) is 29.8. The zero-order valence-electron chi connectivity index (χ0n) is 21.9. The minimum atomic E-state index is -5.12. The summed E-state index contributed by atoms with van der Waals surface area (Å²) in [6.07, 6.45) is -5.13. The number of anilines is 1.